The van der Waals surface area contributed by atoms with Crippen molar-refractivity contribution in [2.24, 2.45) is 0 Å². The highest BCUT2D eigenvalue weighted by Gasteiger charge is 2.11. The number of benzene rings is 2. The average Bonchev–Trinajstić information content (AvgIpc) is 3.02. The van der Waals surface area contributed by atoms with Gasteiger partial charge in [-0.15, -0.1) is 0 Å². The Labute approximate surface area is 150 Å². The van der Waals surface area contributed by atoms with E-state index in [1.807, 2.05) is 40.9 Å². The van der Waals surface area contributed by atoms with E-state index in [4.69, 9.17) is 12.2 Å². The predicted molar refractivity (Wildman–Crippen MR) is 98.9 cm³/mol. The van der Waals surface area contributed by atoms with Gasteiger partial charge < -0.3 is 4.98 Å². The van der Waals surface area contributed by atoms with Crippen LogP contribution in [-0.2, 0) is 0 Å². The van der Waals surface area contributed by atoms with E-state index in [0.717, 1.165) is 32.5 Å². The van der Waals surface area contributed by atoms with Crippen LogP contribution in [0.25, 0.3) is 28.0 Å². The van der Waals surface area contributed by atoms with Gasteiger partial charge in [-0.05, 0) is 47.6 Å². The van der Waals surface area contributed by atoms with Crippen molar-refractivity contribution in [3.05, 3.63) is 76.0 Å². The van der Waals surface area contributed by atoms with Crippen molar-refractivity contribution in [1.29, 1.82) is 0 Å². The second-order valence-corrected chi connectivity index (χ2v) is 6.64. The van der Waals surface area contributed by atoms with Crippen molar-refractivity contribution < 1.29 is 4.39 Å². The zero-order valence-corrected chi connectivity index (χ0v) is 14.7. The molecule has 0 unspecified atom stereocenters. The molecule has 0 saturated carbocycles. The van der Waals surface area contributed by atoms with Gasteiger partial charge in [0.2, 0.25) is 4.77 Å². The summed E-state index contributed by atoms with van der Waals surface area (Å²) in [5, 5.41) is 0. The highest BCUT2D eigenvalue weighted by Crippen LogP contribution is 2.27. The van der Waals surface area contributed by atoms with Crippen LogP contribution in [0.2, 0.25) is 0 Å². The zero-order chi connectivity index (χ0) is 16.7. The lowest BCUT2D eigenvalue weighted by Gasteiger charge is -2.04. The summed E-state index contributed by atoms with van der Waals surface area (Å²) in [6.45, 7) is 0. The van der Waals surface area contributed by atoms with Gasteiger partial charge in [-0.2, -0.15) is 0 Å². The van der Waals surface area contributed by atoms with Gasteiger partial charge in [-0.25, -0.2) is 9.37 Å². The van der Waals surface area contributed by atoms with E-state index in [1.54, 1.807) is 12.3 Å². The number of hydrogen-bond acceptors (Lipinski definition) is 2. The van der Waals surface area contributed by atoms with E-state index in [9.17, 15) is 4.39 Å². The summed E-state index contributed by atoms with van der Waals surface area (Å²) in [6, 6.07) is 14.4. The molecule has 2 heterocycles. The van der Waals surface area contributed by atoms with Gasteiger partial charge in [0.25, 0.3) is 0 Å². The Balaban J connectivity index is 1.95. The normalized spacial score (nSPS) is 11.1. The maximum atomic E-state index is 13.6. The topological polar surface area (TPSA) is 33.1 Å². The fourth-order valence-corrected chi connectivity index (χ4v) is 3.11. The molecule has 6 heteroatoms. The minimum absolute atomic E-state index is 0.284. The molecule has 0 aliphatic rings. The van der Waals surface area contributed by atoms with Gasteiger partial charge in [0, 0.05) is 22.4 Å². The molecule has 0 atom stereocenters. The summed E-state index contributed by atoms with van der Waals surface area (Å²) in [6.07, 6.45) is 3.59. The van der Waals surface area contributed by atoms with Crippen LogP contribution < -0.4 is 0 Å². The number of imidazole rings is 1. The first-order chi connectivity index (χ1) is 11.6. The Morgan fingerprint density at radius 3 is 2.62 bits per heavy atom. The first-order valence-corrected chi connectivity index (χ1v) is 8.44. The van der Waals surface area contributed by atoms with Crippen molar-refractivity contribution in [3.8, 4) is 22.4 Å². The summed E-state index contributed by atoms with van der Waals surface area (Å²) in [5.41, 5.74) is 4.28. The van der Waals surface area contributed by atoms with E-state index in [-0.39, 0.29) is 5.82 Å². The molecule has 0 bridgehead atoms. The highest BCUT2D eigenvalue weighted by molar-refractivity contribution is 9.10. The van der Waals surface area contributed by atoms with Crippen LogP contribution in [0, 0.1) is 10.6 Å². The largest absolute Gasteiger partial charge is 0.339 e. The molecular weight excluding hydrogens is 389 g/mol. The van der Waals surface area contributed by atoms with Gasteiger partial charge in [0.1, 0.15) is 11.5 Å². The zero-order valence-electron chi connectivity index (χ0n) is 12.3. The molecule has 4 aromatic rings. The smallest absolute Gasteiger partial charge is 0.205 e. The van der Waals surface area contributed by atoms with Crippen LogP contribution in [0.3, 0.4) is 0 Å². The van der Waals surface area contributed by atoms with Crippen LogP contribution in [0.1, 0.15) is 0 Å². The second-order valence-electron chi connectivity index (χ2n) is 5.36. The molecule has 24 heavy (non-hydrogen) atoms. The van der Waals surface area contributed by atoms with Gasteiger partial charge in [-0.1, -0.05) is 40.2 Å². The van der Waals surface area contributed by atoms with E-state index in [0.29, 0.717) is 4.77 Å². The van der Waals surface area contributed by atoms with Gasteiger partial charge in [0.05, 0.1) is 5.69 Å². The third-order valence-corrected chi connectivity index (χ3v) is 4.64. The van der Waals surface area contributed by atoms with E-state index in [1.165, 1.54) is 12.1 Å². The Morgan fingerprint density at radius 1 is 1.08 bits per heavy atom. The van der Waals surface area contributed by atoms with Crippen molar-refractivity contribution in [3.63, 3.8) is 0 Å². The number of aromatic amines is 1. The summed E-state index contributed by atoms with van der Waals surface area (Å²) in [7, 11) is 0. The fraction of sp³-hybridized carbons (Fsp3) is 0. The monoisotopic (exact) mass is 399 g/mol. The quantitative estimate of drug-likeness (QED) is 0.443. The lowest BCUT2D eigenvalue weighted by Crippen LogP contribution is -1.92. The van der Waals surface area contributed by atoms with Crippen LogP contribution in [0.15, 0.2) is 65.4 Å². The van der Waals surface area contributed by atoms with Gasteiger partial charge >= 0.3 is 0 Å². The Hall–Kier alpha value is -2.31. The van der Waals surface area contributed by atoms with Crippen LogP contribution in [-0.4, -0.2) is 14.4 Å². The number of aromatic nitrogens is 3. The van der Waals surface area contributed by atoms with Crippen molar-refractivity contribution >= 4 is 33.8 Å². The molecule has 2 aromatic carbocycles. The third kappa shape index (κ3) is 2.68. The first-order valence-electron chi connectivity index (χ1n) is 7.24. The number of H-pyrrole nitrogens is 1. The molecule has 0 saturated heterocycles. The van der Waals surface area contributed by atoms with Crippen LogP contribution in [0.5, 0.6) is 0 Å². The lowest BCUT2D eigenvalue weighted by atomic mass is 10.1. The van der Waals surface area contributed by atoms with Crippen LogP contribution >= 0.6 is 28.1 Å². The first kappa shape index (κ1) is 15.2. The number of halogens is 2. The predicted octanol–water partition coefficient (Wildman–Crippen LogP) is 5.63. The summed E-state index contributed by atoms with van der Waals surface area (Å²) >= 11 is 8.76. The minimum atomic E-state index is -0.284. The SMILES string of the molecule is Fc1cccc(-c2cnc(=S)n3cc(-c4ccc(Br)cc4)[nH]c23)c1. The molecule has 4 rings (SSSR count). The number of fused-ring (bicyclic) bond motifs is 1. The number of rotatable bonds is 2. The standard InChI is InChI=1S/C18H11BrFN3S/c19-13-6-4-11(5-7-13)16-10-23-17(22-16)15(9-21-18(23)24)12-2-1-3-14(20)8-12/h1-10,22H. The molecule has 2 aromatic heterocycles. The van der Waals surface area contributed by atoms with Crippen molar-refractivity contribution in [1.82, 2.24) is 14.4 Å². The molecule has 0 fully saturated rings. The van der Waals surface area contributed by atoms with Gasteiger partial charge in [-0.3, -0.25) is 4.40 Å². The van der Waals surface area contributed by atoms with E-state index >= 15 is 0 Å². The van der Waals surface area contributed by atoms with Crippen LogP contribution in [0.4, 0.5) is 4.39 Å². The molecule has 1 N–H and O–H groups in total. The average molecular weight is 400 g/mol. The minimum Gasteiger partial charge on any atom is -0.339 e. The third-order valence-electron chi connectivity index (χ3n) is 3.81. The Kier molecular flexibility index (Phi) is 3.78. The maximum absolute atomic E-state index is 13.6. The highest BCUT2D eigenvalue weighted by atomic mass is 79.9. The van der Waals surface area contributed by atoms with Crippen molar-refractivity contribution in [2.45, 2.75) is 0 Å². The molecule has 0 amide bonds. The second kappa shape index (κ2) is 5.96. The molecule has 3 nitrogen and oxygen atoms in total. The Morgan fingerprint density at radius 2 is 1.88 bits per heavy atom. The van der Waals surface area contributed by atoms with E-state index < -0.39 is 0 Å². The molecule has 0 spiro atoms. The molecular formula is C18H11BrFN3S. The number of hydrogen-bond donors (Lipinski definition) is 1. The fourth-order valence-electron chi connectivity index (χ4n) is 2.65. The van der Waals surface area contributed by atoms with Gasteiger partial charge in [0.15, 0.2) is 0 Å². The maximum Gasteiger partial charge on any atom is 0.205 e. The lowest BCUT2D eigenvalue weighted by molar-refractivity contribution is 0.628. The molecule has 0 radical (unpaired) electrons. The number of nitrogens with one attached hydrogen (secondary N) is 1. The number of nitrogens with zero attached hydrogens (tertiary/aromatic N) is 2. The Bertz CT molecular complexity index is 1100. The molecule has 0 aliphatic heterocycles. The molecule has 0 aliphatic carbocycles. The summed E-state index contributed by atoms with van der Waals surface area (Å²) < 4.78 is 16.9. The van der Waals surface area contributed by atoms with Crippen molar-refractivity contribution in [2.75, 3.05) is 0 Å². The van der Waals surface area contributed by atoms with E-state index in [2.05, 4.69) is 25.9 Å². The molecule has 118 valence electrons. The summed E-state index contributed by atoms with van der Waals surface area (Å²) in [5.74, 6) is -0.284. The summed E-state index contributed by atoms with van der Waals surface area (Å²) in [4.78, 5) is 7.64.